The van der Waals surface area contributed by atoms with Crippen molar-refractivity contribution in [1.82, 2.24) is 0 Å². The van der Waals surface area contributed by atoms with Crippen LogP contribution in [-0.4, -0.2) is 59.1 Å². The highest BCUT2D eigenvalue weighted by Crippen LogP contribution is 2.08. The first-order chi connectivity index (χ1) is 10.2. The Balaban J connectivity index is 3.15. The van der Waals surface area contributed by atoms with E-state index in [1.54, 1.807) is 0 Å². The summed E-state index contributed by atoms with van der Waals surface area (Å²) in [5.74, 6) is 0. The molecule has 0 aliphatic heterocycles. The van der Waals surface area contributed by atoms with Gasteiger partial charge in [-0.1, -0.05) is 0 Å². The van der Waals surface area contributed by atoms with Gasteiger partial charge < -0.3 is 25.2 Å². The van der Waals surface area contributed by atoms with Crippen LogP contribution in [0.15, 0.2) is 0 Å². The second kappa shape index (κ2) is 16.2. The van der Waals surface area contributed by atoms with Crippen molar-refractivity contribution >= 4 is 0 Å². The first-order valence-corrected chi connectivity index (χ1v) is 8.36. The van der Waals surface area contributed by atoms with Crippen molar-refractivity contribution in [2.75, 3.05) is 26.4 Å². The van der Waals surface area contributed by atoms with E-state index in [1.807, 2.05) is 0 Å². The van der Waals surface area contributed by atoms with Crippen LogP contribution < -0.4 is 0 Å². The van der Waals surface area contributed by atoms with Crippen molar-refractivity contribution in [3.05, 3.63) is 0 Å². The van der Waals surface area contributed by atoms with Crippen molar-refractivity contribution in [2.45, 2.75) is 76.4 Å². The standard InChI is InChI=1S/C16H34O5/c17-11-5-9-15(19)7-1-3-13-21-14-4-2-8-16(20)10-6-12-18/h15-20H,1-14H2. The zero-order chi connectivity index (χ0) is 15.8. The zero-order valence-corrected chi connectivity index (χ0v) is 13.3. The maximum absolute atomic E-state index is 9.58. The quantitative estimate of drug-likeness (QED) is 0.325. The van der Waals surface area contributed by atoms with Crippen LogP contribution in [0.25, 0.3) is 0 Å². The van der Waals surface area contributed by atoms with E-state index in [2.05, 4.69) is 0 Å². The number of rotatable bonds is 16. The Hall–Kier alpha value is -0.200. The minimum absolute atomic E-state index is 0.148. The van der Waals surface area contributed by atoms with Gasteiger partial charge in [0, 0.05) is 26.4 Å². The normalized spacial score (nSPS) is 14.3. The van der Waals surface area contributed by atoms with E-state index in [-0.39, 0.29) is 25.4 Å². The third-order valence-electron chi connectivity index (χ3n) is 3.54. The molecule has 0 heterocycles. The molecule has 21 heavy (non-hydrogen) atoms. The highest BCUT2D eigenvalue weighted by molar-refractivity contribution is 4.57. The van der Waals surface area contributed by atoms with Gasteiger partial charge in [-0.3, -0.25) is 0 Å². The van der Waals surface area contributed by atoms with Gasteiger partial charge >= 0.3 is 0 Å². The average molecular weight is 306 g/mol. The van der Waals surface area contributed by atoms with Gasteiger partial charge in [-0.25, -0.2) is 0 Å². The van der Waals surface area contributed by atoms with Crippen molar-refractivity contribution < 1.29 is 25.2 Å². The highest BCUT2D eigenvalue weighted by atomic mass is 16.5. The van der Waals surface area contributed by atoms with E-state index >= 15 is 0 Å². The number of ether oxygens (including phenoxy) is 1. The summed E-state index contributed by atoms with van der Waals surface area (Å²) in [4.78, 5) is 0. The molecule has 5 heteroatoms. The molecule has 0 aromatic rings. The lowest BCUT2D eigenvalue weighted by atomic mass is 10.1. The topological polar surface area (TPSA) is 90.2 Å². The predicted molar refractivity (Wildman–Crippen MR) is 83.2 cm³/mol. The van der Waals surface area contributed by atoms with E-state index in [4.69, 9.17) is 14.9 Å². The predicted octanol–water partition coefficient (Wildman–Crippen LogP) is 1.61. The molecule has 0 fully saturated rings. The van der Waals surface area contributed by atoms with E-state index in [0.29, 0.717) is 25.7 Å². The number of unbranched alkanes of at least 4 members (excludes halogenated alkanes) is 2. The fraction of sp³-hybridized carbons (Fsp3) is 1.00. The van der Waals surface area contributed by atoms with E-state index < -0.39 is 0 Å². The molecule has 0 aromatic carbocycles. The fourth-order valence-electron chi connectivity index (χ4n) is 2.21. The molecule has 2 atom stereocenters. The number of hydrogen-bond donors (Lipinski definition) is 4. The van der Waals surface area contributed by atoms with Crippen LogP contribution in [0.1, 0.15) is 64.2 Å². The second-order valence-electron chi connectivity index (χ2n) is 5.64. The fourth-order valence-corrected chi connectivity index (χ4v) is 2.21. The van der Waals surface area contributed by atoms with Gasteiger partial charge in [0.2, 0.25) is 0 Å². The summed E-state index contributed by atoms with van der Waals surface area (Å²) >= 11 is 0. The van der Waals surface area contributed by atoms with Gasteiger partial charge in [-0.2, -0.15) is 0 Å². The van der Waals surface area contributed by atoms with Crippen LogP contribution in [-0.2, 0) is 4.74 Å². The average Bonchev–Trinajstić information content (AvgIpc) is 2.49. The van der Waals surface area contributed by atoms with Crippen LogP contribution in [0.5, 0.6) is 0 Å². The first-order valence-electron chi connectivity index (χ1n) is 8.36. The number of aliphatic hydroxyl groups excluding tert-OH is 4. The largest absolute Gasteiger partial charge is 0.396 e. The van der Waals surface area contributed by atoms with Crippen molar-refractivity contribution in [2.24, 2.45) is 0 Å². The van der Waals surface area contributed by atoms with Crippen LogP contribution in [0, 0.1) is 0 Å². The number of aliphatic hydroxyl groups is 4. The summed E-state index contributed by atoms with van der Waals surface area (Å²) in [6.45, 7) is 1.74. The lowest BCUT2D eigenvalue weighted by Crippen LogP contribution is -2.08. The molecule has 0 aromatic heterocycles. The van der Waals surface area contributed by atoms with Gasteiger partial charge in [-0.05, 0) is 64.2 Å². The molecular weight excluding hydrogens is 272 g/mol. The molecule has 0 bridgehead atoms. The summed E-state index contributed by atoms with van der Waals surface area (Å²) in [5, 5.41) is 36.4. The minimum Gasteiger partial charge on any atom is -0.396 e. The van der Waals surface area contributed by atoms with Crippen LogP contribution in [0.2, 0.25) is 0 Å². The molecule has 0 aliphatic rings. The summed E-state index contributed by atoms with van der Waals surface area (Å²) in [6.07, 6.45) is 7.47. The van der Waals surface area contributed by atoms with Gasteiger partial charge in [0.15, 0.2) is 0 Å². The third kappa shape index (κ3) is 16.0. The summed E-state index contributed by atoms with van der Waals surface area (Å²) in [5.41, 5.74) is 0. The molecule has 5 nitrogen and oxygen atoms in total. The molecular formula is C16H34O5. The van der Waals surface area contributed by atoms with Crippen molar-refractivity contribution in [1.29, 1.82) is 0 Å². The molecule has 0 aliphatic carbocycles. The maximum Gasteiger partial charge on any atom is 0.0541 e. The molecule has 0 saturated carbocycles. The summed E-state index contributed by atoms with van der Waals surface area (Å²) in [6, 6.07) is 0. The molecule has 0 rings (SSSR count). The van der Waals surface area contributed by atoms with Crippen LogP contribution >= 0.6 is 0 Å². The Bertz CT molecular complexity index is 181. The minimum atomic E-state index is -0.294. The Morgan fingerprint density at radius 2 is 0.952 bits per heavy atom. The van der Waals surface area contributed by atoms with Crippen molar-refractivity contribution in [3.8, 4) is 0 Å². The Labute approximate surface area is 129 Å². The first kappa shape index (κ1) is 20.8. The van der Waals surface area contributed by atoms with E-state index in [9.17, 15) is 10.2 Å². The van der Waals surface area contributed by atoms with E-state index in [1.165, 1.54) is 0 Å². The maximum atomic E-state index is 9.58. The number of hydrogen-bond acceptors (Lipinski definition) is 5. The SMILES string of the molecule is OCCCC(O)CCCCOCCCCC(O)CCCO. The monoisotopic (exact) mass is 306 g/mol. The van der Waals surface area contributed by atoms with Crippen LogP contribution in [0.4, 0.5) is 0 Å². The Morgan fingerprint density at radius 3 is 1.33 bits per heavy atom. The molecule has 0 amide bonds. The molecule has 0 spiro atoms. The lowest BCUT2D eigenvalue weighted by molar-refractivity contribution is 0.105. The summed E-state index contributed by atoms with van der Waals surface area (Å²) in [7, 11) is 0. The van der Waals surface area contributed by atoms with E-state index in [0.717, 1.165) is 51.7 Å². The molecule has 0 radical (unpaired) electrons. The summed E-state index contributed by atoms with van der Waals surface area (Å²) < 4.78 is 5.52. The van der Waals surface area contributed by atoms with Gasteiger partial charge in [0.25, 0.3) is 0 Å². The molecule has 2 unspecified atom stereocenters. The molecule has 4 N–H and O–H groups in total. The van der Waals surface area contributed by atoms with Gasteiger partial charge in [0.05, 0.1) is 12.2 Å². The Morgan fingerprint density at radius 1 is 0.571 bits per heavy atom. The van der Waals surface area contributed by atoms with Crippen molar-refractivity contribution in [3.63, 3.8) is 0 Å². The van der Waals surface area contributed by atoms with Crippen LogP contribution in [0.3, 0.4) is 0 Å². The second-order valence-corrected chi connectivity index (χ2v) is 5.64. The van der Waals surface area contributed by atoms with Gasteiger partial charge in [-0.15, -0.1) is 0 Å². The molecule has 0 saturated heterocycles. The zero-order valence-electron chi connectivity index (χ0n) is 13.3. The van der Waals surface area contributed by atoms with Gasteiger partial charge in [0.1, 0.15) is 0 Å². The Kier molecular flexibility index (Phi) is 16.0. The molecule has 128 valence electrons. The lowest BCUT2D eigenvalue weighted by Gasteiger charge is -2.10. The highest BCUT2D eigenvalue weighted by Gasteiger charge is 2.04. The smallest absolute Gasteiger partial charge is 0.0541 e. The third-order valence-corrected chi connectivity index (χ3v) is 3.54.